The van der Waals surface area contributed by atoms with Crippen LogP contribution in [-0.4, -0.2) is 39.2 Å². The van der Waals surface area contributed by atoms with Gasteiger partial charge >= 0.3 is 6.03 Å². The first-order valence-electron chi connectivity index (χ1n) is 11.9. The highest BCUT2D eigenvalue weighted by Gasteiger charge is 2.30. The van der Waals surface area contributed by atoms with Gasteiger partial charge < -0.3 is 15.5 Å². The van der Waals surface area contributed by atoms with Crippen LogP contribution in [0.5, 0.6) is 0 Å². The van der Waals surface area contributed by atoms with E-state index in [0.29, 0.717) is 36.2 Å². The number of fused-ring (bicyclic) bond motifs is 1. The smallest absolute Gasteiger partial charge is 0.312 e. The van der Waals surface area contributed by atoms with Gasteiger partial charge in [-0.15, -0.1) is 0 Å². The number of carbonyl (C=O) groups is 3. The highest BCUT2D eigenvalue weighted by Crippen LogP contribution is 2.32. The number of nitrogens with one attached hydrogen (secondary N) is 3. The molecular weight excluding hydrogens is 484 g/mol. The van der Waals surface area contributed by atoms with E-state index >= 15 is 0 Å². The molecule has 0 aliphatic carbocycles. The standard InChI is InChI=1S/C25H25F2N7O3/c1-2-22(35)29-24-18-13-32(31-25(37)28-20-10-5-15(26)12-19(20)27)14-21(18)30-34(24)17-8-6-16(7-9-17)33-11-3-4-23(33)36/h5-10,12H,2-4,11,13-14H2,1H3,(H,29,35)(H2,28,31,37). The van der Waals surface area contributed by atoms with Crippen LogP contribution in [0, 0.1) is 11.6 Å². The molecule has 3 N–H and O–H groups in total. The molecule has 0 spiro atoms. The number of halogens is 2. The van der Waals surface area contributed by atoms with Crippen LogP contribution in [0.4, 0.5) is 30.8 Å². The predicted octanol–water partition coefficient (Wildman–Crippen LogP) is 3.68. The zero-order valence-electron chi connectivity index (χ0n) is 20.1. The molecule has 0 unspecified atom stereocenters. The molecule has 3 aromatic rings. The minimum absolute atomic E-state index is 0.0977. The minimum atomic E-state index is -0.888. The molecule has 4 amide bonds. The first kappa shape index (κ1) is 24.4. The van der Waals surface area contributed by atoms with E-state index in [4.69, 9.17) is 0 Å². The molecule has 5 rings (SSSR count). The van der Waals surface area contributed by atoms with Crippen LogP contribution in [0.2, 0.25) is 0 Å². The van der Waals surface area contributed by atoms with E-state index in [9.17, 15) is 23.2 Å². The van der Waals surface area contributed by atoms with E-state index in [0.717, 1.165) is 29.8 Å². The van der Waals surface area contributed by atoms with Crippen molar-refractivity contribution >= 4 is 35.0 Å². The Labute approximate surface area is 211 Å². The Bertz CT molecular complexity index is 1370. The highest BCUT2D eigenvalue weighted by molar-refractivity contribution is 5.95. The summed E-state index contributed by atoms with van der Waals surface area (Å²) in [7, 11) is 0. The van der Waals surface area contributed by atoms with Gasteiger partial charge in [0.25, 0.3) is 0 Å². The number of carbonyl (C=O) groups excluding carboxylic acids is 3. The van der Waals surface area contributed by atoms with Crippen LogP contribution in [0.3, 0.4) is 0 Å². The van der Waals surface area contributed by atoms with Crippen molar-refractivity contribution in [3.05, 3.63) is 65.4 Å². The fraction of sp³-hybridized carbons (Fsp3) is 0.280. The van der Waals surface area contributed by atoms with Crippen molar-refractivity contribution in [1.29, 1.82) is 0 Å². The number of hydrogen-bond acceptors (Lipinski definition) is 5. The van der Waals surface area contributed by atoms with Crippen molar-refractivity contribution in [3.63, 3.8) is 0 Å². The molecule has 2 aromatic carbocycles. The average Bonchev–Trinajstić information content (AvgIpc) is 3.56. The number of amides is 4. The molecule has 2 aliphatic rings. The summed E-state index contributed by atoms with van der Waals surface area (Å²) in [6.07, 6.45) is 1.65. The maximum atomic E-state index is 13.9. The number of benzene rings is 2. The Hall–Kier alpha value is -4.32. The van der Waals surface area contributed by atoms with E-state index in [2.05, 4.69) is 21.2 Å². The maximum Gasteiger partial charge on any atom is 0.333 e. The van der Waals surface area contributed by atoms with Crippen LogP contribution in [0.15, 0.2) is 42.5 Å². The zero-order valence-corrected chi connectivity index (χ0v) is 20.1. The van der Waals surface area contributed by atoms with Gasteiger partial charge in [0.1, 0.15) is 17.5 Å². The second-order valence-corrected chi connectivity index (χ2v) is 8.80. The molecule has 37 heavy (non-hydrogen) atoms. The Morgan fingerprint density at radius 1 is 1.03 bits per heavy atom. The van der Waals surface area contributed by atoms with Gasteiger partial charge in [0.05, 0.1) is 23.6 Å². The summed E-state index contributed by atoms with van der Waals surface area (Å²) >= 11 is 0. The Morgan fingerprint density at radius 2 is 1.78 bits per heavy atom. The van der Waals surface area contributed by atoms with Crippen LogP contribution < -0.4 is 21.0 Å². The fourth-order valence-electron chi connectivity index (χ4n) is 4.41. The van der Waals surface area contributed by atoms with Gasteiger partial charge in [-0.05, 0) is 42.8 Å². The Morgan fingerprint density at radius 3 is 2.46 bits per heavy atom. The number of hydrogen-bond donors (Lipinski definition) is 3. The van der Waals surface area contributed by atoms with E-state index in [1.54, 1.807) is 21.5 Å². The lowest BCUT2D eigenvalue weighted by atomic mass is 10.2. The van der Waals surface area contributed by atoms with Crippen molar-refractivity contribution in [3.8, 4) is 5.69 Å². The molecule has 0 radical (unpaired) electrons. The molecule has 1 fully saturated rings. The molecule has 1 saturated heterocycles. The van der Waals surface area contributed by atoms with Crippen molar-refractivity contribution in [2.45, 2.75) is 39.3 Å². The summed E-state index contributed by atoms with van der Waals surface area (Å²) in [4.78, 5) is 38.5. The number of anilines is 3. The normalized spacial score (nSPS) is 15.1. The van der Waals surface area contributed by atoms with Crippen molar-refractivity contribution in [2.24, 2.45) is 0 Å². The van der Waals surface area contributed by atoms with E-state index in [1.807, 2.05) is 24.3 Å². The SMILES string of the molecule is CCC(=O)Nc1c2c(nn1-c1ccc(N3CCCC3=O)cc1)CN(NC(=O)Nc1ccc(F)cc1F)C2. The molecule has 3 heterocycles. The van der Waals surface area contributed by atoms with E-state index in [-0.39, 0.29) is 37.0 Å². The number of hydrazine groups is 1. The largest absolute Gasteiger partial charge is 0.333 e. The summed E-state index contributed by atoms with van der Waals surface area (Å²) in [6, 6.07) is 9.54. The van der Waals surface area contributed by atoms with Crippen LogP contribution >= 0.6 is 0 Å². The van der Waals surface area contributed by atoms with Gasteiger partial charge in [0.2, 0.25) is 11.8 Å². The second kappa shape index (κ2) is 9.97. The monoisotopic (exact) mass is 509 g/mol. The van der Waals surface area contributed by atoms with Crippen LogP contribution in [0.1, 0.15) is 37.4 Å². The third kappa shape index (κ3) is 5.00. The summed E-state index contributed by atoms with van der Waals surface area (Å²) in [6.45, 7) is 2.92. The van der Waals surface area contributed by atoms with Gasteiger partial charge in [-0.1, -0.05) is 6.92 Å². The quantitative estimate of drug-likeness (QED) is 0.470. The lowest BCUT2D eigenvalue weighted by Crippen LogP contribution is -2.41. The first-order chi connectivity index (χ1) is 17.8. The minimum Gasteiger partial charge on any atom is -0.312 e. The molecule has 2 aliphatic heterocycles. The van der Waals surface area contributed by atoms with E-state index in [1.165, 1.54) is 0 Å². The molecule has 12 heteroatoms. The van der Waals surface area contributed by atoms with Crippen LogP contribution in [-0.2, 0) is 22.7 Å². The van der Waals surface area contributed by atoms with Gasteiger partial charge in [-0.25, -0.2) is 23.3 Å². The second-order valence-electron chi connectivity index (χ2n) is 8.80. The average molecular weight is 510 g/mol. The van der Waals surface area contributed by atoms with Crippen molar-refractivity contribution in [1.82, 2.24) is 20.2 Å². The molecule has 0 atom stereocenters. The Balaban J connectivity index is 1.33. The number of rotatable bonds is 6. The molecule has 192 valence electrons. The predicted molar refractivity (Wildman–Crippen MR) is 132 cm³/mol. The topological polar surface area (TPSA) is 112 Å². The number of aromatic nitrogens is 2. The van der Waals surface area contributed by atoms with E-state index < -0.39 is 17.7 Å². The first-order valence-corrected chi connectivity index (χ1v) is 11.9. The maximum absolute atomic E-state index is 13.9. The third-order valence-electron chi connectivity index (χ3n) is 6.25. The van der Waals surface area contributed by atoms with Gasteiger partial charge in [-0.3, -0.25) is 15.0 Å². The fourth-order valence-corrected chi connectivity index (χ4v) is 4.41. The molecule has 1 aromatic heterocycles. The third-order valence-corrected chi connectivity index (χ3v) is 6.25. The molecular formula is C25H25F2N7O3. The zero-order chi connectivity index (χ0) is 26.1. The van der Waals surface area contributed by atoms with Crippen LogP contribution in [0.25, 0.3) is 5.69 Å². The molecule has 0 bridgehead atoms. The highest BCUT2D eigenvalue weighted by atomic mass is 19.1. The number of urea groups is 1. The summed E-state index contributed by atoms with van der Waals surface area (Å²) in [5.41, 5.74) is 5.37. The lowest BCUT2D eigenvalue weighted by molar-refractivity contribution is -0.117. The van der Waals surface area contributed by atoms with Gasteiger partial charge in [0, 0.05) is 43.2 Å². The van der Waals surface area contributed by atoms with Crippen molar-refractivity contribution in [2.75, 3.05) is 22.1 Å². The van der Waals surface area contributed by atoms with Gasteiger partial charge in [-0.2, -0.15) is 5.10 Å². The number of nitrogens with zero attached hydrogens (tertiary/aromatic N) is 4. The summed E-state index contributed by atoms with van der Waals surface area (Å²) < 4.78 is 28.6. The lowest BCUT2D eigenvalue weighted by Gasteiger charge is -2.19. The van der Waals surface area contributed by atoms with Crippen molar-refractivity contribution < 1.29 is 23.2 Å². The molecule has 0 saturated carbocycles. The molecule has 10 nitrogen and oxygen atoms in total. The summed E-state index contributed by atoms with van der Waals surface area (Å²) in [5, 5.41) is 11.5. The Kier molecular flexibility index (Phi) is 6.57. The van der Waals surface area contributed by atoms with Gasteiger partial charge in [0.15, 0.2) is 0 Å². The summed E-state index contributed by atoms with van der Waals surface area (Å²) in [5.74, 6) is -1.24.